The Morgan fingerprint density at radius 3 is 2.53 bits per heavy atom. The number of nitrogens with one attached hydrogen (secondary N) is 1. The van der Waals surface area contributed by atoms with Crippen LogP contribution in [0.2, 0.25) is 5.02 Å². The number of carbonyl (C=O) groups is 1. The first-order chi connectivity index (χ1) is 17.5. The Hall–Kier alpha value is -3.31. The molecule has 0 spiro atoms. The van der Waals surface area contributed by atoms with E-state index < -0.39 is 0 Å². The minimum atomic E-state index is -0.0625. The number of rotatable bonds is 12. The van der Waals surface area contributed by atoms with E-state index in [1.807, 2.05) is 18.2 Å². The van der Waals surface area contributed by atoms with E-state index in [-0.39, 0.29) is 5.91 Å². The maximum Gasteiger partial charge on any atom is 0.251 e. The minimum Gasteiger partial charge on any atom is -0.491 e. The highest BCUT2D eigenvalue weighted by atomic mass is 35.5. The average molecular weight is 504 g/mol. The van der Waals surface area contributed by atoms with E-state index in [1.165, 1.54) is 5.56 Å². The van der Waals surface area contributed by atoms with Crippen LogP contribution in [0, 0.1) is 0 Å². The van der Waals surface area contributed by atoms with Gasteiger partial charge in [0.15, 0.2) is 0 Å². The lowest BCUT2D eigenvalue weighted by Gasteiger charge is -2.15. The van der Waals surface area contributed by atoms with Gasteiger partial charge < -0.3 is 14.6 Å². The molecular formula is C30H34ClN3O2. The van der Waals surface area contributed by atoms with E-state index >= 15 is 0 Å². The topological polar surface area (TPSA) is 56.1 Å². The molecule has 1 aromatic heterocycles. The Morgan fingerprint density at radius 2 is 1.72 bits per heavy atom. The van der Waals surface area contributed by atoms with Gasteiger partial charge in [0.1, 0.15) is 18.2 Å². The fraction of sp³-hybridized carbons (Fsp3) is 0.333. The standard InChI is InChI=1S/C30H34ClN3O2/c1-22(2)25-10-5-8-13-28(25)36-21-20-34-27-12-7-6-11-26(27)33-29(34)14-4-3-9-19-32-30(35)23-15-17-24(31)18-16-23/h5-8,10-13,15-18,22H,3-4,9,14,19-21H2,1-2H3,(H,32,35). The number of hydrogen-bond donors (Lipinski definition) is 1. The second kappa shape index (κ2) is 12.6. The summed E-state index contributed by atoms with van der Waals surface area (Å²) in [6.07, 6.45) is 3.84. The third-order valence-electron chi connectivity index (χ3n) is 6.32. The van der Waals surface area contributed by atoms with Crippen molar-refractivity contribution in [1.29, 1.82) is 0 Å². The predicted octanol–water partition coefficient (Wildman–Crippen LogP) is 7.03. The quantitative estimate of drug-likeness (QED) is 0.211. The highest BCUT2D eigenvalue weighted by molar-refractivity contribution is 6.30. The molecular weight excluding hydrogens is 470 g/mol. The zero-order valence-corrected chi connectivity index (χ0v) is 21.8. The van der Waals surface area contributed by atoms with Crippen molar-refractivity contribution in [3.8, 4) is 5.75 Å². The molecule has 4 aromatic rings. The van der Waals surface area contributed by atoms with Crippen LogP contribution in [-0.2, 0) is 13.0 Å². The predicted molar refractivity (Wildman–Crippen MR) is 147 cm³/mol. The van der Waals surface area contributed by atoms with Crippen LogP contribution < -0.4 is 10.1 Å². The number of unbranched alkanes of at least 4 members (excludes halogenated alkanes) is 2. The number of halogens is 1. The van der Waals surface area contributed by atoms with Gasteiger partial charge in [-0.1, -0.05) is 62.2 Å². The molecule has 1 amide bonds. The molecule has 0 aliphatic rings. The fourth-order valence-electron chi connectivity index (χ4n) is 4.39. The van der Waals surface area contributed by atoms with E-state index in [4.69, 9.17) is 21.3 Å². The molecule has 1 N–H and O–H groups in total. The summed E-state index contributed by atoms with van der Waals surface area (Å²) < 4.78 is 8.49. The van der Waals surface area contributed by atoms with Crippen molar-refractivity contribution < 1.29 is 9.53 Å². The van der Waals surface area contributed by atoms with Crippen LogP contribution in [0.3, 0.4) is 0 Å². The van der Waals surface area contributed by atoms with Crippen molar-refractivity contribution in [2.45, 2.75) is 52.0 Å². The SMILES string of the molecule is CC(C)c1ccccc1OCCn1c(CCCCCNC(=O)c2ccc(Cl)cc2)nc2ccccc21. The molecule has 0 unspecified atom stereocenters. The molecule has 188 valence electrons. The van der Waals surface area contributed by atoms with E-state index in [2.05, 4.69) is 54.1 Å². The van der Waals surface area contributed by atoms with E-state index in [9.17, 15) is 4.79 Å². The smallest absolute Gasteiger partial charge is 0.251 e. The zero-order chi connectivity index (χ0) is 25.3. The van der Waals surface area contributed by atoms with Crippen LogP contribution >= 0.6 is 11.6 Å². The summed E-state index contributed by atoms with van der Waals surface area (Å²) in [5.41, 5.74) is 4.02. The van der Waals surface area contributed by atoms with Crippen molar-refractivity contribution in [3.05, 3.63) is 94.8 Å². The molecule has 3 aromatic carbocycles. The van der Waals surface area contributed by atoms with Gasteiger partial charge >= 0.3 is 0 Å². The summed E-state index contributed by atoms with van der Waals surface area (Å²) >= 11 is 5.89. The molecule has 0 aliphatic carbocycles. The van der Waals surface area contributed by atoms with Gasteiger partial charge in [-0.2, -0.15) is 0 Å². The Balaban J connectivity index is 1.29. The van der Waals surface area contributed by atoms with Gasteiger partial charge in [0.25, 0.3) is 5.91 Å². The fourth-order valence-corrected chi connectivity index (χ4v) is 4.52. The van der Waals surface area contributed by atoms with Gasteiger partial charge in [0, 0.05) is 23.6 Å². The largest absolute Gasteiger partial charge is 0.491 e. The second-order valence-electron chi connectivity index (χ2n) is 9.28. The van der Waals surface area contributed by atoms with Gasteiger partial charge in [-0.25, -0.2) is 4.98 Å². The Bertz CT molecular complexity index is 1280. The van der Waals surface area contributed by atoms with Crippen molar-refractivity contribution in [1.82, 2.24) is 14.9 Å². The molecule has 0 saturated carbocycles. The number of carbonyl (C=O) groups excluding carboxylic acids is 1. The van der Waals surface area contributed by atoms with Gasteiger partial charge in [-0.05, 0) is 66.8 Å². The van der Waals surface area contributed by atoms with Crippen LogP contribution in [0.15, 0.2) is 72.8 Å². The van der Waals surface area contributed by atoms with E-state index in [1.54, 1.807) is 24.3 Å². The highest BCUT2D eigenvalue weighted by Gasteiger charge is 2.12. The second-order valence-corrected chi connectivity index (χ2v) is 9.72. The van der Waals surface area contributed by atoms with Crippen molar-refractivity contribution in [2.75, 3.05) is 13.2 Å². The molecule has 0 aliphatic heterocycles. The minimum absolute atomic E-state index is 0.0625. The number of para-hydroxylation sites is 3. The Kier molecular flexibility index (Phi) is 9.01. The number of ether oxygens (including phenoxy) is 1. The first-order valence-electron chi connectivity index (χ1n) is 12.7. The first-order valence-corrected chi connectivity index (χ1v) is 13.1. The maximum absolute atomic E-state index is 12.2. The molecule has 5 nitrogen and oxygen atoms in total. The summed E-state index contributed by atoms with van der Waals surface area (Å²) in [7, 11) is 0. The number of nitrogens with zero attached hydrogens (tertiary/aromatic N) is 2. The van der Waals surface area contributed by atoms with E-state index in [0.29, 0.717) is 29.7 Å². The Morgan fingerprint density at radius 1 is 0.972 bits per heavy atom. The monoisotopic (exact) mass is 503 g/mol. The molecule has 0 saturated heterocycles. The third kappa shape index (κ3) is 6.67. The van der Waals surface area contributed by atoms with Gasteiger partial charge in [-0.15, -0.1) is 0 Å². The van der Waals surface area contributed by atoms with Crippen LogP contribution in [-0.4, -0.2) is 28.6 Å². The molecule has 6 heteroatoms. The summed E-state index contributed by atoms with van der Waals surface area (Å²) in [5, 5.41) is 3.62. The summed E-state index contributed by atoms with van der Waals surface area (Å²) in [4.78, 5) is 17.1. The summed E-state index contributed by atoms with van der Waals surface area (Å²) in [6.45, 7) is 6.37. The number of aromatic nitrogens is 2. The van der Waals surface area contributed by atoms with Crippen molar-refractivity contribution in [3.63, 3.8) is 0 Å². The Labute approximate surface area is 218 Å². The number of aryl methyl sites for hydroxylation is 1. The summed E-state index contributed by atoms with van der Waals surface area (Å²) in [5.74, 6) is 2.40. The van der Waals surface area contributed by atoms with Crippen LogP contribution in [0.25, 0.3) is 11.0 Å². The molecule has 1 heterocycles. The lowest BCUT2D eigenvalue weighted by Crippen LogP contribution is -2.24. The molecule has 0 radical (unpaired) electrons. The zero-order valence-electron chi connectivity index (χ0n) is 21.0. The van der Waals surface area contributed by atoms with Crippen molar-refractivity contribution in [2.24, 2.45) is 0 Å². The molecule has 4 rings (SSSR count). The van der Waals surface area contributed by atoms with Gasteiger partial charge in [0.2, 0.25) is 0 Å². The molecule has 0 fully saturated rings. The number of imidazole rings is 1. The lowest BCUT2D eigenvalue weighted by molar-refractivity contribution is 0.0953. The molecule has 0 atom stereocenters. The average Bonchev–Trinajstić information content (AvgIpc) is 3.24. The number of fused-ring (bicyclic) bond motifs is 1. The van der Waals surface area contributed by atoms with Crippen LogP contribution in [0.5, 0.6) is 5.75 Å². The number of benzene rings is 3. The van der Waals surface area contributed by atoms with Crippen molar-refractivity contribution >= 4 is 28.5 Å². The van der Waals surface area contributed by atoms with Crippen LogP contribution in [0.4, 0.5) is 0 Å². The van der Waals surface area contributed by atoms with Crippen LogP contribution in [0.1, 0.15) is 60.8 Å². The third-order valence-corrected chi connectivity index (χ3v) is 6.57. The number of hydrogen-bond acceptors (Lipinski definition) is 3. The number of amides is 1. The summed E-state index contributed by atoms with van der Waals surface area (Å²) in [6, 6.07) is 23.5. The molecule has 36 heavy (non-hydrogen) atoms. The van der Waals surface area contributed by atoms with Gasteiger partial charge in [0.05, 0.1) is 17.6 Å². The van der Waals surface area contributed by atoms with E-state index in [0.717, 1.165) is 54.8 Å². The lowest BCUT2D eigenvalue weighted by atomic mass is 10.0. The normalized spacial score (nSPS) is 11.2. The maximum atomic E-state index is 12.2. The highest BCUT2D eigenvalue weighted by Crippen LogP contribution is 2.26. The first kappa shape index (κ1) is 25.8. The molecule has 0 bridgehead atoms. The van der Waals surface area contributed by atoms with Gasteiger partial charge in [-0.3, -0.25) is 4.79 Å².